The number of nitrogens with zero attached hydrogens (tertiary/aromatic N) is 1. The first-order chi connectivity index (χ1) is 43.2. The first-order valence-corrected chi connectivity index (χ1v) is 32.2. The van der Waals surface area contributed by atoms with Gasteiger partial charge in [-0.05, 0) is 93.2 Å². The highest BCUT2D eigenvalue weighted by Crippen LogP contribution is 2.41. The quantitative estimate of drug-likeness (QED) is 0.0217. The van der Waals surface area contributed by atoms with Crippen LogP contribution in [0.15, 0.2) is 143 Å². The summed E-state index contributed by atoms with van der Waals surface area (Å²) < 4.78 is 34.2. The van der Waals surface area contributed by atoms with Crippen LogP contribution in [0.5, 0.6) is 17.2 Å². The fourth-order valence-electron chi connectivity index (χ4n) is 11.2. The summed E-state index contributed by atoms with van der Waals surface area (Å²) in [5.74, 6) is 1.24. The van der Waals surface area contributed by atoms with E-state index in [4.69, 9.17) is 33.4 Å². The molecule has 0 bridgehead atoms. The fourth-order valence-corrected chi connectivity index (χ4v) is 11.2. The smallest absolute Gasteiger partial charge is 0.305 e. The van der Waals surface area contributed by atoms with E-state index < -0.39 is 0 Å². The minimum absolute atomic E-state index is 0.146. The number of rotatable bonds is 42. The van der Waals surface area contributed by atoms with Crippen LogP contribution in [0, 0.1) is 0 Å². The number of benzene rings is 3. The van der Waals surface area contributed by atoms with Crippen molar-refractivity contribution in [1.82, 2.24) is 15.6 Å². The van der Waals surface area contributed by atoms with Gasteiger partial charge in [0.15, 0.2) is 0 Å². The molecule has 0 saturated carbocycles. The minimum Gasteiger partial charge on any atom is -0.493 e. The molecule has 3 aromatic carbocycles. The second kappa shape index (κ2) is 38.2. The number of carbonyl (C=O) groups is 5. The van der Waals surface area contributed by atoms with E-state index in [9.17, 15) is 24.0 Å². The van der Waals surface area contributed by atoms with Crippen molar-refractivity contribution in [2.75, 3.05) is 41.2 Å². The SMILES string of the molecule is COC(=O)CCCCCCCCCCOc1ccccc1/C(C1=N/C(=C(/c2ccc(/C(=C3\C=CC(=O)N3)c3ccccc3OCCCCCCCCCCC(=O)OC)[nH]2)c2ccccc2OCCCCCCCCCCC(=O)OC)C=C1)=C1/C=CC(=O)N1. The monoisotopic (exact) mass is 1200 g/mol. The average Bonchev–Trinajstić information content (AvgIpc) is 3.80. The van der Waals surface area contributed by atoms with Gasteiger partial charge in [0.25, 0.3) is 0 Å². The Balaban J connectivity index is 1.13. The molecule has 15 nitrogen and oxygen atoms in total. The predicted molar refractivity (Wildman–Crippen MR) is 347 cm³/mol. The van der Waals surface area contributed by atoms with E-state index in [1.165, 1.54) is 33.5 Å². The van der Waals surface area contributed by atoms with Crippen LogP contribution in [-0.2, 0) is 38.2 Å². The molecule has 0 spiro atoms. The third-order valence-electron chi connectivity index (χ3n) is 16.0. The van der Waals surface area contributed by atoms with Crippen LogP contribution in [0.4, 0.5) is 0 Å². The number of esters is 3. The number of allylic oxidation sites excluding steroid dienone is 5. The van der Waals surface area contributed by atoms with Crippen molar-refractivity contribution in [1.29, 1.82) is 0 Å². The zero-order valence-corrected chi connectivity index (χ0v) is 52.2. The number of hydrogen-bond donors (Lipinski definition) is 3. The van der Waals surface area contributed by atoms with Gasteiger partial charge in [-0.2, -0.15) is 0 Å². The molecular weight excluding hydrogens is 1110 g/mol. The maximum atomic E-state index is 12.9. The van der Waals surface area contributed by atoms with Gasteiger partial charge in [-0.3, -0.25) is 24.0 Å². The molecule has 4 aromatic rings. The summed E-state index contributed by atoms with van der Waals surface area (Å²) in [5.41, 5.74) is 8.85. The highest BCUT2D eigenvalue weighted by atomic mass is 16.5. The molecule has 0 saturated heterocycles. The molecule has 3 aliphatic rings. The molecule has 4 heterocycles. The molecule has 3 aliphatic heterocycles. The summed E-state index contributed by atoms with van der Waals surface area (Å²) in [5, 5.41) is 6.15. The number of amides is 2. The van der Waals surface area contributed by atoms with Gasteiger partial charge < -0.3 is 44.0 Å². The third kappa shape index (κ3) is 21.9. The molecule has 88 heavy (non-hydrogen) atoms. The molecule has 0 fully saturated rings. The zero-order valence-electron chi connectivity index (χ0n) is 52.2. The number of aromatic amines is 1. The van der Waals surface area contributed by atoms with Crippen LogP contribution in [0.3, 0.4) is 0 Å². The van der Waals surface area contributed by atoms with Crippen molar-refractivity contribution in [2.24, 2.45) is 4.99 Å². The van der Waals surface area contributed by atoms with Crippen LogP contribution in [0.1, 0.15) is 201 Å². The second-order valence-electron chi connectivity index (χ2n) is 22.6. The summed E-state index contributed by atoms with van der Waals surface area (Å²) in [6, 6.07) is 28.0. The Morgan fingerprint density at radius 3 is 1.07 bits per heavy atom. The number of para-hydroxylation sites is 3. The Hall–Kier alpha value is -8.20. The molecule has 0 atom stereocenters. The van der Waals surface area contributed by atoms with Crippen LogP contribution >= 0.6 is 0 Å². The lowest BCUT2D eigenvalue weighted by Gasteiger charge is -2.17. The van der Waals surface area contributed by atoms with Gasteiger partial charge in [-0.15, -0.1) is 0 Å². The van der Waals surface area contributed by atoms with E-state index >= 15 is 0 Å². The lowest BCUT2D eigenvalue weighted by atomic mass is 9.97. The number of aromatic nitrogens is 1. The molecule has 15 heteroatoms. The van der Waals surface area contributed by atoms with Crippen LogP contribution < -0.4 is 24.8 Å². The van der Waals surface area contributed by atoms with E-state index in [-0.39, 0.29) is 29.7 Å². The van der Waals surface area contributed by atoms with Gasteiger partial charge >= 0.3 is 17.9 Å². The van der Waals surface area contributed by atoms with Gasteiger partial charge in [-0.25, -0.2) is 4.99 Å². The van der Waals surface area contributed by atoms with Gasteiger partial charge in [0, 0.05) is 76.2 Å². The summed E-state index contributed by atoms with van der Waals surface area (Å²) in [7, 11) is 4.31. The number of unbranched alkanes of at least 4 members (excludes halogenated alkanes) is 21. The Morgan fingerprint density at radius 2 is 0.693 bits per heavy atom. The number of ether oxygens (including phenoxy) is 6. The summed E-state index contributed by atoms with van der Waals surface area (Å²) >= 11 is 0. The van der Waals surface area contributed by atoms with Gasteiger partial charge in [0.1, 0.15) is 17.2 Å². The maximum absolute atomic E-state index is 12.9. The lowest BCUT2D eigenvalue weighted by molar-refractivity contribution is -0.141. The Bertz CT molecular complexity index is 3160. The van der Waals surface area contributed by atoms with Crippen LogP contribution in [0.25, 0.3) is 16.7 Å². The number of hydrogen-bond acceptors (Lipinski definition) is 12. The number of H-pyrrole nitrogens is 1. The highest BCUT2D eigenvalue weighted by molar-refractivity contribution is 6.33. The molecule has 0 aliphatic carbocycles. The lowest BCUT2D eigenvalue weighted by Crippen LogP contribution is -2.17. The number of methoxy groups -OCH3 is 3. The Labute approximate surface area is 521 Å². The molecule has 470 valence electrons. The van der Waals surface area contributed by atoms with Crippen molar-refractivity contribution < 1.29 is 52.4 Å². The molecular formula is C73H92N4O11. The number of carbonyl (C=O) groups excluding carboxylic acids is 5. The fraction of sp³-hybridized carbons (Fsp3) is 0.452. The van der Waals surface area contributed by atoms with Crippen LogP contribution in [-0.4, -0.2) is 81.6 Å². The highest BCUT2D eigenvalue weighted by Gasteiger charge is 2.27. The number of aliphatic imine (C=N–C) groups is 1. The second-order valence-corrected chi connectivity index (χ2v) is 22.6. The molecule has 1 aromatic heterocycles. The molecule has 0 unspecified atom stereocenters. The van der Waals surface area contributed by atoms with Gasteiger partial charge in [-0.1, -0.05) is 170 Å². The van der Waals surface area contributed by atoms with Gasteiger partial charge in [0.2, 0.25) is 11.8 Å². The first kappa shape index (κ1) is 67.3. The maximum Gasteiger partial charge on any atom is 0.305 e. The first-order valence-electron chi connectivity index (χ1n) is 32.2. The standard InChI is InChI=1S/C73H92N4O11/c1-83-68(80)40-22-16-10-4-7-13-19-31-51-86-63-37-28-25-34-54(63)71(57-43-45-59(74-57)72(61-47-49-66(78)76-61)55-35-26-29-38-64(55)87-52-32-20-14-8-5-11-17-23-41-69(81)84-2)58-44-46-60(75-58)73(62-48-50-67(79)77-62)56-36-27-30-39-65(56)88-53-33-21-15-9-6-12-18-24-42-70(82)85-3/h25-30,34-39,43-50,74H,4-24,31-33,40-42,51-53H2,1-3H3,(H,76,78)(H,77,79)/b71-58+,72-61+,73-62+. The van der Waals surface area contributed by atoms with E-state index in [1.807, 2.05) is 97.1 Å². The predicted octanol–water partition coefficient (Wildman–Crippen LogP) is 15.5. The molecule has 3 N–H and O–H groups in total. The van der Waals surface area contributed by atoms with Crippen molar-refractivity contribution in [3.8, 4) is 17.2 Å². The minimum atomic E-state index is -0.219. The van der Waals surface area contributed by atoms with Crippen molar-refractivity contribution in [3.05, 3.63) is 167 Å². The topological polar surface area (TPSA) is 193 Å². The van der Waals surface area contributed by atoms with E-state index in [0.29, 0.717) is 79.1 Å². The summed E-state index contributed by atoms with van der Waals surface area (Å²) in [6.07, 6.45) is 36.9. The Kier molecular flexibility index (Phi) is 29.2. The average molecular weight is 1200 g/mol. The largest absolute Gasteiger partial charge is 0.493 e. The number of nitrogens with one attached hydrogen (secondary N) is 3. The van der Waals surface area contributed by atoms with Gasteiger partial charge in [0.05, 0.1) is 64.0 Å². The van der Waals surface area contributed by atoms with Crippen molar-refractivity contribution in [2.45, 2.75) is 173 Å². The molecule has 7 rings (SSSR count). The zero-order chi connectivity index (χ0) is 62.0. The molecule has 2 amide bonds. The normalized spacial score (nSPS) is 15.0. The van der Waals surface area contributed by atoms with Crippen molar-refractivity contribution in [3.63, 3.8) is 0 Å². The summed E-state index contributed by atoms with van der Waals surface area (Å²) in [6.45, 7) is 1.59. The van der Waals surface area contributed by atoms with E-state index in [0.717, 1.165) is 199 Å². The van der Waals surface area contributed by atoms with Crippen LogP contribution in [0.2, 0.25) is 0 Å². The van der Waals surface area contributed by atoms with E-state index in [1.54, 1.807) is 6.08 Å². The third-order valence-corrected chi connectivity index (χ3v) is 16.0. The van der Waals surface area contributed by atoms with E-state index in [2.05, 4.69) is 21.7 Å². The summed E-state index contributed by atoms with van der Waals surface area (Å²) in [4.78, 5) is 69.6. The Morgan fingerprint density at radius 1 is 0.364 bits per heavy atom. The van der Waals surface area contributed by atoms with Crippen molar-refractivity contribution >= 4 is 52.2 Å². The molecule has 0 radical (unpaired) electrons.